The zero-order chi connectivity index (χ0) is 12.2. The molecule has 3 rings (SSSR count). The second kappa shape index (κ2) is 5.14. The Hall–Kier alpha value is -1.95. The van der Waals surface area contributed by atoms with Crippen molar-refractivity contribution in [3.8, 4) is 0 Å². The minimum Gasteiger partial charge on any atom is -0.280 e. The zero-order valence-corrected chi connectivity index (χ0v) is 9.78. The third kappa shape index (κ3) is 2.48. The standard InChI is InChI=1S/C13H14N4O/c1-2-5-11(6-3-1)13-10-18-17(16-13)15-12-7-4-8-14-9-12/h1-9,13,15-16H,10H2/t13-/m0/s1. The largest absolute Gasteiger partial charge is 0.280 e. The van der Waals surface area contributed by atoms with Crippen molar-refractivity contribution in [1.82, 2.24) is 15.7 Å². The number of nitrogens with one attached hydrogen (secondary N) is 2. The number of aromatic nitrogens is 1. The van der Waals surface area contributed by atoms with Gasteiger partial charge in [0.2, 0.25) is 0 Å². The highest BCUT2D eigenvalue weighted by Crippen LogP contribution is 2.19. The first-order valence-electron chi connectivity index (χ1n) is 5.83. The third-order valence-electron chi connectivity index (χ3n) is 2.74. The smallest absolute Gasteiger partial charge is 0.0931 e. The molecule has 5 heteroatoms. The van der Waals surface area contributed by atoms with Crippen LogP contribution in [0.15, 0.2) is 54.9 Å². The van der Waals surface area contributed by atoms with Crippen molar-refractivity contribution in [3.63, 3.8) is 0 Å². The minimum absolute atomic E-state index is 0.162. The van der Waals surface area contributed by atoms with Crippen molar-refractivity contribution in [3.05, 3.63) is 60.4 Å². The average Bonchev–Trinajstić information content (AvgIpc) is 2.89. The molecule has 0 radical (unpaired) electrons. The van der Waals surface area contributed by atoms with Gasteiger partial charge < -0.3 is 0 Å². The first-order chi connectivity index (χ1) is 8.92. The van der Waals surface area contributed by atoms with Crippen molar-refractivity contribution >= 4 is 5.69 Å². The second-order valence-corrected chi connectivity index (χ2v) is 4.04. The second-order valence-electron chi connectivity index (χ2n) is 4.04. The normalized spacial score (nSPS) is 19.9. The lowest BCUT2D eigenvalue weighted by atomic mass is 10.1. The molecule has 1 aromatic carbocycles. The van der Waals surface area contributed by atoms with Gasteiger partial charge in [0.1, 0.15) is 0 Å². The predicted molar refractivity (Wildman–Crippen MR) is 68.0 cm³/mol. The van der Waals surface area contributed by atoms with Crippen LogP contribution >= 0.6 is 0 Å². The van der Waals surface area contributed by atoms with E-state index in [1.54, 1.807) is 12.4 Å². The molecule has 5 nitrogen and oxygen atoms in total. The van der Waals surface area contributed by atoms with Gasteiger partial charge in [-0.1, -0.05) is 30.3 Å². The number of hydrogen-bond acceptors (Lipinski definition) is 5. The Balaban J connectivity index is 1.62. The maximum atomic E-state index is 5.51. The Labute approximate surface area is 105 Å². The number of nitrogens with zero attached hydrogens (tertiary/aromatic N) is 2. The summed E-state index contributed by atoms with van der Waals surface area (Å²) in [6, 6.07) is 14.2. The Kier molecular flexibility index (Phi) is 3.18. The van der Waals surface area contributed by atoms with Crippen LogP contribution in [0.2, 0.25) is 0 Å². The van der Waals surface area contributed by atoms with E-state index in [0.717, 1.165) is 5.69 Å². The first-order valence-corrected chi connectivity index (χ1v) is 5.83. The van der Waals surface area contributed by atoms with E-state index in [-0.39, 0.29) is 6.04 Å². The fourth-order valence-corrected chi connectivity index (χ4v) is 1.83. The highest BCUT2D eigenvalue weighted by molar-refractivity contribution is 5.38. The van der Waals surface area contributed by atoms with Gasteiger partial charge in [0.15, 0.2) is 0 Å². The van der Waals surface area contributed by atoms with E-state index in [1.165, 1.54) is 10.8 Å². The summed E-state index contributed by atoms with van der Waals surface area (Å²) in [7, 11) is 0. The van der Waals surface area contributed by atoms with E-state index < -0.39 is 0 Å². The van der Waals surface area contributed by atoms with Gasteiger partial charge in [-0.25, -0.2) is 5.43 Å². The van der Waals surface area contributed by atoms with E-state index in [2.05, 4.69) is 28.0 Å². The Morgan fingerprint density at radius 3 is 2.89 bits per heavy atom. The molecule has 0 spiro atoms. The van der Waals surface area contributed by atoms with Crippen molar-refractivity contribution in [1.29, 1.82) is 0 Å². The van der Waals surface area contributed by atoms with Gasteiger partial charge in [0.05, 0.1) is 24.5 Å². The Morgan fingerprint density at radius 1 is 1.22 bits per heavy atom. The summed E-state index contributed by atoms with van der Waals surface area (Å²) in [5.41, 5.74) is 8.38. The van der Waals surface area contributed by atoms with Crippen LogP contribution in [0, 0.1) is 0 Å². The molecule has 1 fully saturated rings. The van der Waals surface area contributed by atoms with Crippen LogP contribution in [-0.4, -0.2) is 16.9 Å². The van der Waals surface area contributed by atoms with E-state index in [4.69, 9.17) is 4.84 Å². The van der Waals surface area contributed by atoms with Gasteiger partial charge >= 0.3 is 0 Å². The zero-order valence-electron chi connectivity index (χ0n) is 9.78. The fraction of sp³-hybridized carbons (Fsp3) is 0.154. The number of hydrogen-bond donors (Lipinski definition) is 2. The molecule has 0 aliphatic carbocycles. The average molecular weight is 242 g/mol. The minimum atomic E-state index is 0.162. The highest BCUT2D eigenvalue weighted by atomic mass is 16.8. The SMILES string of the molecule is c1ccc([C@@H]2CON(Nc3cccnc3)N2)cc1. The summed E-state index contributed by atoms with van der Waals surface area (Å²) < 4.78 is 0. The molecular formula is C13H14N4O. The van der Waals surface area contributed by atoms with Crippen LogP contribution in [0.3, 0.4) is 0 Å². The molecule has 0 amide bonds. The molecule has 92 valence electrons. The number of pyridine rings is 1. The number of benzene rings is 1. The van der Waals surface area contributed by atoms with Gasteiger partial charge in [-0.3, -0.25) is 15.2 Å². The number of anilines is 1. The topological polar surface area (TPSA) is 49.4 Å². The quantitative estimate of drug-likeness (QED) is 0.861. The van der Waals surface area contributed by atoms with E-state index in [1.807, 2.05) is 30.3 Å². The summed E-state index contributed by atoms with van der Waals surface area (Å²) in [5, 5.41) is 1.52. The summed E-state index contributed by atoms with van der Waals surface area (Å²) in [6.07, 6.45) is 3.47. The summed E-state index contributed by atoms with van der Waals surface area (Å²) >= 11 is 0. The molecule has 1 atom stereocenters. The highest BCUT2D eigenvalue weighted by Gasteiger charge is 2.24. The number of hydrazine groups is 2. The molecule has 2 N–H and O–H groups in total. The molecule has 18 heavy (non-hydrogen) atoms. The molecular weight excluding hydrogens is 228 g/mol. The Morgan fingerprint density at radius 2 is 2.11 bits per heavy atom. The van der Waals surface area contributed by atoms with Crippen LogP contribution in [0.4, 0.5) is 5.69 Å². The maximum absolute atomic E-state index is 5.51. The predicted octanol–water partition coefficient (Wildman–Crippen LogP) is 1.90. The van der Waals surface area contributed by atoms with Gasteiger partial charge in [-0.2, -0.15) is 0 Å². The van der Waals surface area contributed by atoms with Crippen molar-refractivity contribution < 1.29 is 4.84 Å². The summed E-state index contributed by atoms with van der Waals surface area (Å²) in [5.74, 6) is 0. The van der Waals surface area contributed by atoms with Gasteiger partial charge in [-0.05, 0) is 23.0 Å². The first kappa shape index (κ1) is 11.2. The fourth-order valence-electron chi connectivity index (χ4n) is 1.83. The summed E-state index contributed by atoms with van der Waals surface area (Å²) in [4.78, 5) is 9.54. The van der Waals surface area contributed by atoms with Crippen LogP contribution in [0.25, 0.3) is 0 Å². The summed E-state index contributed by atoms with van der Waals surface area (Å²) in [6.45, 7) is 0.595. The lowest BCUT2D eigenvalue weighted by Crippen LogP contribution is -2.36. The van der Waals surface area contributed by atoms with Crippen LogP contribution < -0.4 is 10.9 Å². The van der Waals surface area contributed by atoms with E-state index in [0.29, 0.717) is 6.61 Å². The molecule has 1 aromatic heterocycles. The molecule has 0 bridgehead atoms. The van der Waals surface area contributed by atoms with Crippen molar-refractivity contribution in [2.75, 3.05) is 12.0 Å². The lowest BCUT2D eigenvalue weighted by molar-refractivity contribution is -0.117. The van der Waals surface area contributed by atoms with Crippen LogP contribution in [0.1, 0.15) is 11.6 Å². The lowest BCUT2D eigenvalue weighted by Gasteiger charge is -2.16. The molecule has 2 heterocycles. The monoisotopic (exact) mass is 242 g/mol. The van der Waals surface area contributed by atoms with E-state index in [9.17, 15) is 0 Å². The molecule has 0 saturated carbocycles. The van der Waals surface area contributed by atoms with Crippen molar-refractivity contribution in [2.24, 2.45) is 0 Å². The van der Waals surface area contributed by atoms with Crippen LogP contribution in [0.5, 0.6) is 0 Å². The number of rotatable bonds is 3. The molecule has 0 unspecified atom stereocenters. The van der Waals surface area contributed by atoms with Gasteiger partial charge in [0, 0.05) is 6.20 Å². The van der Waals surface area contributed by atoms with Gasteiger partial charge in [-0.15, -0.1) is 0 Å². The molecule has 1 aliphatic heterocycles. The van der Waals surface area contributed by atoms with Crippen molar-refractivity contribution in [2.45, 2.75) is 6.04 Å². The third-order valence-corrected chi connectivity index (χ3v) is 2.74. The Bertz CT molecular complexity index is 491. The maximum Gasteiger partial charge on any atom is 0.0931 e. The molecule has 2 aromatic rings. The van der Waals surface area contributed by atoms with Crippen LogP contribution in [-0.2, 0) is 4.84 Å². The van der Waals surface area contributed by atoms with Gasteiger partial charge in [0.25, 0.3) is 0 Å². The molecule has 1 saturated heterocycles. The van der Waals surface area contributed by atoms with E-state index >= 15 is 0 Å². The molecule has 1 aliphatic rings.